The van der Waals surface area contributed by atoms with Gasteiger partial charge in [0, 0.05) is 48.0 Å². The van der Waals surface area contributed by atoms with Crippen molar-refractivity contribution in [3.8, 4) is 5.75 Å². The number of rotatable bonds is 11. The van der Waals surface area contributed by atoms with Gasteiger partial charge in [-0.05, 0) is 36.8 Å². The summed E-state index contributed by atoms with van der Waals surface area (Å²) in [5, 5.41) is 10.9. The highest BCUT2D eigenvalue weighted by Gasteiger charge is 2.42. The SMILES string of the molecule is CCOC(Cc1ccc(C(=N)N)cc1NCc1ccccc1F)(C(N)=O)c1ccc(OC)cc1F. The quantitative estimate of drug-likeness (QED) is 0.244. The predicted molar refractivity (Wildman–Crippen MR) is 130 cm³/mol. The molecular formula is C26H28F2N4O3. The molecule has 0 aliphatic rings. The van der Waals surface area contributed by atoms with Crippen molar-refractivity contribution in [2.75, 3.05) is 19.0 Å². The smallest absolute Gasteiger partial charge is 0.254 e. The normalized spacial score (nSPS) is 12.6. The number of nitrogens with two attached hydrogens (primary N) is 2. The van der Waals surface area contributed by atoms with Crippen LogP contribution < -0.4 is 21.5 Å². The average molecular weight is 483 g/mol. The maximum atomic E-state index is 15.1. The zero-order valence-corrected chi connectivity index (χ0v) is 19.5. The van der Waals surface area contributed by atoms with E-state index in [1.54, 1.807) is 43.3 Å². The summed E-state index contributed by atoms with van der Waals surface area (Å²) in [6, 6.07) is 15.2. The molecule has 0 aromatic heterocycles. The number of nitrogen functional groups attached to an aromatic ring is 1. The Balaban J connectivity index is 2.08. The molecule has 0 saturated heterocycles. The Kier molecular flexibility index (Phi) is 8.03. The minimum absolute atomic E-state index is 0.0386. The van der Waals surface area contributed by atoms with Gasteiger partial charge >= 0.3 is 0 Å². The number of ether oxygens (including phenoxy) is 2. The van der Waals surface area contributed by atoms with Gasteiger partial charge < -0.3 is 26.3 Å². The van der Waals surface area contributed by atoms with Crippen LogP contribution in [0.25, 0.3) is 0 Å². The van der Waals surface area contributed by atoms with E-state index in [-0.39, 0.29) is 42.5 Å². The summed E-state index contributed by atoms with van der Waals surface area (Å²) in [5.74, 6) is -1.86. The van der Waals surface area contributed by atoms with Crippen LogP contribution in [-0.2, 0) is 28.1 Å². The molecule has 0 radical (unpaired) electrons. The number of methoxy groups -OCH3 is 1. The number of carbonyl (C=O) groups is 1. The van der Waals surface area contributed by atoms with Crippen molar-refractivity contribution in [2.24, 2.45) is 11.5 Å². The van der Waals surface area contributed by atoms with Crippen LogP contribution in [0.2, 0.25) is 0 Å². The number of benzene rings is 3. The number of nitrogens with one attached hydrogen (secondary N) is 2. The molecule has 1 unspecified atom stereocenters. The summed E-state index contributed by atoms with van der Waals surface area (Å²) in [7, 11) is 1.41. The van der Waals surface area contributed by atoms with Crippen LogP contribution >= 0.6 is 0 Å². The van der Waals surface area contributed by atoms with Gasteiger partial charge in [-0.25, -0.2) is 8.78 Å². The zero-order valence-electron chi connectivity index (χ0n) is 19.5. The molecular weight excluding hydrogens is 454 g/mol. The molecule has 0 aliphatic carbocycles. The van der Waals surface area contributed by atoms with Crippen LogP contribution in [0.15, 0.2) is 60.7 Å². The first-order valence-electron chi connectivity index (χ1n) is 10.9. The molecule has 3 aromatic carbocycles. The zero-order chi connectivity index (χ0) is 25.6. The molecule has 0 saturated carbocycles. The third-order valence-electron chi connectivity index (χ3n) is 5.69. The van der Waals surface area contributed by atoms with E-state index in [0.717, 1.165) is 6.07 Å². The summed E-state index contributed by atoms with van der Waals surface area (Å²) in [4.78, 5) is 12.8. The number of carbonyl (C=O) groups excluding carboxylic acids is 1. The molecule has 0 heterocycles. The lowest BCUT2D eigenvalue weighted by Gasteiger charge is -2.32. The summed E-state index contributed by atoms with van der Waals surface area (Å²) in [6.45, 7) is 1.88. The minimum atomic E-state index is -1.84. The summed E-state index contributed by atoms with van der Waals surface area (Å²) in [6.07, 6.45) is -0.128. The molecule has 0 spiro atoms. The minimum Gasteiger partial charge on any atom is -0.497 e. The Morgan fingerprint density at radius 3 is 2.37 bits per heavy atom. The first kappa shape index (κ1) is 25.6. The van der Waals surface area contributed by atoms with Crippen LogP contribution in [0.4, 0.5) is 14.5 Å². The van der Waals surface area contributed by atoms with Crippen molar-refractivity contribution < 1.29 is 23.0 Å². The Labute approximate surface area is 202 Å². The predicted octanol–water partition coefficient (Wildman–Crippen LogP) is 3.83. The highest BCUT2D eigenvalue weighted by Crippen LogP contribution is 2.36. The van der Waals surface area contributed by atoms with Crippen molar-refractivity contribution >= 4 is 17.4 Å². The number of anilines is 1. The van der Waals surface area contributed by atoms with E-state index in [0.29, 0.717) is 22.4 Å². The Bertz CT molecular complexity index is 1230. The maximum Gasteiger partial charge on any atom is 0.254 e. The highest BCUT2D eigenvalue weighted by molar-refractivity contribution is 5.96. The second-order valence-electron chi connectivity index (χ2n) is 7.88. The maximum absolute atomic E-state index is 15.1. The van der Waals surface area contributed by atoms with Crippen LogP contribution in [0.1, 0.15) is 29.2 Å². The van der Waals surface area contributed by atoms with Gasteiger partial charge in [0.1, 0.15) is 23.2 Å². The van der Waals surface area contributed by atoms with E-state index in [1.165, 1.54) is 25.3 Å². The van der Waals surface area contributed by atoms with Crippen LogP contribution in [0, 0.1) is 17.0 Å². The molecule has 184 valence electrons. The Morgan fingerprint density at radius 1 is 1.03 bits per heavy atom. The van der Waals surface area contributed by atoms with E-state index < -0.39 is 17.3 Å². The molecule has 6 N–H and O–H groups in total. The van der Waals surface area contributed by atoms with E-state index in [4.69, 9.17) is 26.4 Å². The fourth-order valence-electron chi connectivity index (χ4n) is 3.87. The van der Waals surface area contributed by atoms with Gasteiger partial charge in [0.15, 0.2) is 5.60 Å². The first-order chi connectivity index (χ1) is 16.7. The topological polar surface area (TPSA) is 123 Å². The number of primary amides is 1. The molecule has 0 bridgehead atoms. The molecule has 3 rings (SSSR count). The van der Waals surface area contributed by atoms with E-state index >= 15 is 4.39 Å². The van der Waals surface area contributed by atoms with Gasteiger partial charge in [-0.3, -0.25) is 10.2 Å². The van der Waals surface area contributed by atoms with Crippen molar-refractivity contribution in [3.63, 3.8) is 0 Å². The van der Waals surface area contributed by atoms with Crippen molar-refractivity contribution in [3.05, 3.63) is 94.6 Å². The van der Waals surface area contributed by atoms with Crippen molar-refractivity contribution in [1.82, 2.24) is 0 Å². The van der Waals surface area contributed by atoms with Gasteiger partial charge in [-0.1, -0.05) is 30.3 Å². The largest absolute Gasteiger partial charge is 0.497 e. The molecule has 9 heteroatoms. The first-order valence-corrected chi connectivity index (χ1v) is 10.9. The van der Waals surface area contributed by atoms with Crippen LogP contribution in [0.5, 0.6) is 5.75 Å². The molecule has 1 atom stereocenters. The van der Waals surface area contributed by atoms with E-state index in [9.17, 15) is 9.18 Å². The lowest BCUT2D eigenvalue weighted by atomic mass is 9.84. The molecule has 35 heavy (non-hydrogen) atoms. The van der Waals surface area contributed by atoms with E-state index in [1.807, 2.05) is 0 Å². The number of halogens is 2. The van der Waals surface area contributed by atoms with Gasteiger partial charge in [0.05, 0.1) is 7.11 Å². The van der Waals surface area contributed by atoms with Crippen molar-refractivity contribution in [2.45, 2.75) is 25.5 Å². The standard InChI is InChI=1S/C26H28F2N4O3/c1-3-35-26(25(31)33,20-11-10-19(34-2)13-22(20)28)14-17-9-8-16(24(29)30)12-23(17)32-15-18-6-4-5-7-21(18)27/h4-13,32H,3,14-15H2,1-2H3,(H3,29,30)(H2,31,33). The lowest BCUT2D eigenvalue weighted by Crippen LogP contribution is -2.46. The lowest BCUT2D eigenvalue weighted by molar-refractivity contribution is -0.145. The second-order valence-corrected chi connectivity index (χ2v) is 7.88. The third kappa shape index (κ3) is 5.58. The van der Waals surface area contributed by atoms with Crippen LogP contribution in [0.3, 0.4) is 0 Å². The average Bonchev–Trinajstić information content (AvgIpc) is 2.83. The van der Waals surface area contributed by atoms with Gasteiger partial charge in [-0.2, -0.15) is 0 Å². The molecule has 1 amide bonds. The molecule has 0 fully saturated rings. The summed E-state index contributed by atoms with van der Waals surface area (Å²) < 4.78 is 40.2. The van der Waals surface area contributed by atoms with Gasteiger partial charge in [-0.15, -0.1) is 0 Å². The Morgan fingerprint density at radius 2 is 1.77 bits per heavy atom. The summed E-state index contributed by atoms with van der Waals surface area (Å²) in [5.41, 5.74) is 11.4. The second kappa shape index (κ2) is 11.0. The summed E-state index contributed by atoms with van der Waals surface area (Å²) >= 11 is 0. The third-order valence-corrected chi connectivity index (χ3v) is 5.69. The van der Waals surface area contributed by atoms with E-state index in [2.05, 4.69) is 5.32 Å². The molecule has 3 aromatic rings. The van der Waals surface area contributed by atoms with Crippen molar-refractivity contribution in [1.29, 1.82) is 5.41 Å². The fraction of sp³-hybridized carbons (Fsp3) is 0.231. The highest BCUT2D eigenvalue weighted by atomic mass is 19.1. The molecule has 7 nitrogen and oxygen atoms in total. The Hall–Kier alpha value is -3.98. The number of amidine groups is 1. The van der Waals surface area contributed by atoms with Crippen LogP contribution in [-0.4, -0.2) is 25.5 Å². The number of hydrogen-bond donors (Lipinski definition) is 4. The monoisotopic (exact) mass is 482 g/mol. The van der Waals surface area contributed by atoms with Gasteiger partial charge in [0.25, 0.3) is 5.91 Å². The number of amides is 1. The fourth-order valence-corrected chi connectivity index (χ4v) is 3.87. The molecule has 0 aliphatic heterocycles. The van der Waals surface area contributed by atoms with Gasteiger partial charge in [0.2, 0.25) is 0 Å². The number of hydrogen-bond acceptors (Lipinski definition) is 5.